The molecule has 256 valence electrons. The lowest BCUT2D eigenvalue weighted by atomic mass is 10.1. The summed E-state index contributed by atoms with van der Waals surface area (Å²) in [5.74, 6) is 0.271. The Kier molecular flexibility index (Phi) is 14.2. The van der Waals surface area contributed by atoms with E-state index < -0.39 is 24.0 Å². The summed E-state index contributed by atoms with van der Waals surface area (Å²) in [7, 11) is 0. The van der Waals surface area contributed by atoms with Crippen molar-refractivity contribution in [2.24, 2.45) is 5.10 Å². The number of nitrogens with zero attached hydrogens (tertiary/aromatic N) is 1. The molecule has 0 aliphatic heterocycles. The summed E-state index contributed by atoms with van der Waals surface area (Å²) < 4.78 is 17.9. The Hall–Kier alpha value is -4.21. The van der Waals surface area contributed by atoms with Crippen molar-refractivity contribution in [3.63, 3.8) is 0 Å². The van der Waals surface area contributed by atoms with Gasteiger partial charge in [-0.25, -0.2) is 5.43 Å². The lowest BCUT2D eigenvalue weighted by molar-refractivity contribution is -0.132. The molecule has 0 saturated carbocycles. The number of carbonyl (C=O) groups is 2. The molecule has 2 atom stereocenters. The van der Waals surface area contributed by atoms with E-state index in [-0.39, 0.29) is 23.8 Å². The van der Waals surface area contributed by atoms with Crippen LogP contribution in [0.1, 0.15) is 36.1 Å². The zero-order chi connectivity index (χ0) is 35.3. The van der Waals surface area contributed by atoms with Gasteiger partial charge in [0, 0.05) is 32.6 Å². The van der Waals surface area contributed by atoms with Gasteiger partial charge in [0.25, 0.3) is 11.8 Å². The third-order valence-electron chi connectivity index (χ3n) is 7.08. The molecular weight excluding hydrogens is 708 g/mol. The van der Waals surface area contributed by atoms with E-state index >= 15 is 0 Å². The minimum Gasteiger partial charge on any atom is -0.490 e. The highest BCUT2D eigenvalue weighted by molar-refractivity contribution is 6.35. The molecule has 0 radical (unpaired) electrons. The molecule has 2 N–H and O–H groups in total. The third-order valence-corrected chi connectivity index (χ3v) is 8.19. The van der Waals surface area contributed by atoms with Gasteiger partial charge in [0.1, 0.15) is 18.4 Å². The summed E-state index contributed by atoms with van der Waals surface area (Å²) in [5.41, 5.74) is 5.60. The Morgan fingerprint density at radius 3 is 2.24 bits per heavy atom. The number of amides is 2. The second-order valence-corrected chi connectivity index (χ2v) is 12.5. The van der Waals surface area contributed by atoms with Gasteiger partial charge in [-0.15, -0.1) is 6.58 Å². The van der Waals surface area contributed by atoms with Crippen molar-refractivity contribution in [2.75, 3.05) is 6.61 Å². The average Bonchev–Trinajstić information content (AvgIpc) is 3.06. The van der Waals surface area contributed by atoms with E-state index in [4.69, 9.17) is 60.6 Å². The summed E-state index contributed by atoms with van der Waals surface area (Å²) in [6.45, 7) is 7.87. The molecule has 0 heterocycles. The van der Waals surface area contributed by atoms with Crippen LogP contribution in [0.5, 0.6) is 17.2 Å². The van der Waals surface area contributed by atoms with Gasteiger partial charge in [0.05, 0.1) is 17.8 Å². The molecule has 0 spiro atoms. The van der Waals surface area contributed by atoms with Crippen LogP contribution in [0, 0.1) is 0 Å². The number of nitrogens with one attached hydrogen (secondary N) is 2. The van der Waals surface area contributed by atoms with Crippen molar-refractivity contribution in [1.29, 1.82) is 0 Å². The highest BCUT2D eigenvalue weighted by Gasteiger charge is 2.25. The highest BCUT2D eigenvalue weighted by atomic mass is 35.5. The highest BCUT2D eigenvalue weighted by Crippen LogP contribution is 2.35. The maximum absolute atomic E-state index is 13.4. The summed E-state index contributed by atoms with van der Waals surface area (Å²) in [6, 6.07) is 21.9. The van der Waals surface area contributed by atoms with Crippen LogP contribution in [0.4, 0.5) is 0 Å². The number of carbonyl (C=O) groups excluding carboxylic acids is 2. The average molecular weight is 744 g/mol. The zero-order valence-electron chi connectivity index (χ0n) is 26.9. The molecule has 4 rings (SSSR count). The first-order valence-electron chi connectivity index (χ1n) is 15.3. The number of rotatable bonds is 16. The number of hydrazone groups is 1. The number of hydrogen-bond acceptors (Lipinski definition) is 6. The standard InChI is InChI=1S/C37H35Cl4N3O5/c1-4-9-26-16-25(18-34(47-5-2)35(26)48-22-27-12-13-28(38)19-30(27)40)21-42-44-37(46)32(17-24-10-7-6-8-11-24)43-36(45)23(3)49-33-15-14-29(39)20-31(33)41/h4,6-8,10-16,18-21,23,32H,1,5,9,17,22H2,2-3H3,(H,43,45)(H,44,46)/b42-21-/t23-,32+/m1/s1. The second kappa shape index (κ2) is 18.5. The van der Waals surface area contributed by atoms with E-state index in [0.717, 1.165) is 16.7 Å². The fourth-order valence-electron chi connectivity index (χ4n) is 4.69. The van der Waals surface area contributed by atoms with Gasteiger partial charge in [-0.05, 0) is 73.9 Å². The number of benzene rings is 4. The summed E-state index contributed by atoms with van der Waals surface area (Å²) >= 11 is 24.6. The van der Waals surface area contributed by atoms with Crippen LogP contribution >= 0.6 is 46.4 Å². The van der Waals surface area contributed by atoms with Crippen LogP contribution in [-0.4, -0.2) is 36.8 Å². The Morgan fingerprint density at radius 1 is 0.857 bits per heavy atom. The maximum atomic E-state index is 13.4. The van der Waals surface area contributed by atoms with Gasteiger partial charge >= 0.3 is 0 Å². The molecule has 0 aliphatic carbocycles. The molecule has 2 amide bonds. The normalized spacial score (nSPS) is 12.2. The van der Waals surface area contributed by atoms with E-state index in [1.165, 1.54) is 12.3 Å². The Bertz CT molecular complexity index is 1800. The lowest BCUT2D eigenvalue weighted by Gasteiger charge is -2.21. The molecule has 0 fully saturated rings. The van der Waals surface area contributed by atoms with E-state index in [1.54, 1.807) is 49.4 Å². The first-order valence-corrected chi connectivity index (χ1v) is 16.8. The molecule has 0 aliphatic rings. The second-order valence-electron chi connectivity index (χ2n) is 10.8. The molecule has 12 heteroatoms. The lowest BCUT2D eigenvalue weighted by Crippen LogP contribution is -2.50. The number of hydrogen-bond donors (Lipinski definition) is 2. The van der Waals surface area contributed by atoms with Gasteiger partial charge in [-0.2, -0.15) is 5.10 Å². The zero-order valence-corrected chi connectivity index (χ0v) is 29.9. The fourth-order valence-corrected chi connectivity index (χ4v) is 5.61. The van der Waals surface area contributed by atoms with Gasteiger partial charge in [-0.3, -0.25) is 9.59 Å². The smallest absolute Gasteiger partial charge is 0.262 e. The fraction of sp³-hybridized carbons (Fsp3) is 0.216. The van der Waals surface area contributed by atoms with Crippen molar-refractivity contribution in [3.05, 3.63) is 134 Å². The molecular formula is C37H35Cl4N3O5. The van der Waals surface area contributed by atoms with Crippen molar-refractivity contribution in [1.82, 2.24) is 10.7 Å². The first-order chi connectivity index (χ1) is 23.6. The number of allylic oxidation sites excluding steroid dienone is 1. The molecule has 49 heavy (non-hydrogen) atoms. The molecule has 4 aromatic carbocycles. The minimum absolute atomic E-state index is 0.189. The summed E-state index contributed by atoms with van der Waals surface area (Å²) in [6.07, 6.45) is 2.96. The topological polar surface area (TPSA) is 98.3 Å². The van der Waals surface area contributed by atoms with Crippen molar-refractivity contribution in [2.45, 2.75) is 45.4 Å². The van der Waals surface area contributed by atoms with Crippen LogP contribution in [0.25, 0.3) is 0 Å². The Morgan fingerprint density at radius 2 is 1.57 bits per heavy atom. The van der Waals surface area contributed by atoms with E-state index in [2.05, 4.69) is 22.4 Å². The van der Waals surface area contributed by atoms with E-state index in [9.17, 15) is 9.59 Å². The summed E-state index contributed by atoms with van der Waals surface area (Å²) in [5, 5.41) is 8.69. The summed E-state index contributed by atoms with van der Waals surface area (Å²) in [4.78, 5) is 26.6. The molecule has 0 bridgehead atoms. The van der Waals surface area contributed by atoms with Gasteiger partial charge in [-0.1, -0.05) is 88.9 Å². The Labute approximate surface area is 305 Å². The van der Waals surface area contributed by atoms with Gasteiger partial charge in [0.15, 0.2) is 17.6 Å². The SMILES string of the molecule is C=CCc1cc(/C=N\NC(=O)[C@H](Cc2ccccc2)NC(=O)[C@@H](C)Oc2ccc(Cl)cc2Cl)cc(OCC)c1OCc1ccc(Cl)cc1Cl. The molecule has 0 saturated heterocycles. The van der Waals surface area contributed by atoms with Crippen LogP contribution in [0.3, 0.4) is 0 Å². The van der Waals surface area contributed by atoms with Crippen LogP contribution in [0.15, 0.2) is 96.6 Å². The van der Waals surface area contributed by atoms with Crippen LogP contribution < -0.4 is 25.0 Å². The van der Waals surface area contributed by atoms with Crippen molar-refractivity contribution in [3.8, 4) is 17.2 Å². The Balaban J connectivity index is 1.50. The molecule has 8 nitrogen and oxygen atoms in total. The molecule has 4 aromatic rings. The van der Waals surface area contributed by atoms with Gasteiger partial charge < -0.3 is 19.5 Å². The van der Waals surface area contributed by atoms with Gasteiger partial charge in [0.2, 0.25) is 0 Å². The molecule has 0 aromatic heterocycles. The number of halogens is 4. The first kappa shape index (κ1) is 37.6. The third kappa shape index (κ3) is 11.2. The van der Waals surface area contributed by atoms with E-state index in [1.807, 2.05) is 43.3 Å². The maximum Gasteiger partial charge on any atom is 0.262 e. The number of ether oxygens (including phenoxy) is 3. The van der Waals surface area contributed by atoms with E-state index in [0.29, 0.717) is 45.2 Å². The molecule has 0 unspecified atom stereocenters. The van der Waals surface area contributed by atoms with Crippen molar-refractivity contribution < 1.29 is 23.8 Å². The predicted molar refractivity (Wildman–Crippen MR) is 197 cm³/mol. The minimum atomic E-state index is -0.968. The largest absolute Gasteiger partial charge is 0.490 e. The van der Waals surface area contributed by atoms with Crippen LogP contribution in [0.2, 0.25) is 20.1 Å². The predicted octanol–water partition coefficient (Wildman–Crippen LogP) is 8.65. The van der Waals surface area contributed by atoms with Crippen molar-refractivity contribution >= 4 is 64.4 Å². The quantitative estimate of drug-likeness (QED) is 0.0681. The monoisotopic (exact) mass is 741 g/mol. The van der Waals surface area contributed by atoms with Crippen LogP contribution in [-0.2, 0) is 29.0 Å².